The molecular weight excluding hydrogens is 400 g/mol. The number of aromatic nitrogens is 4. The highest BCUT2D eigenvalue weighted by atomic mass is 16.5. The van der Waals surface area contributed by atoms with Crippen LogP contribution in [0.25, 0.3) is 33.6 Å². The minimum absolute atomic E-state index is 0.269. The van der Waals surface area contributed by atoms with Crippen LogP contribution in [0, 0.1) is 20.8 Å². The first-order valence-corrected chi connectivity index (χ1v) is 10.6. The molecule has 3 heterocycles. The molecule has 0 saturated heterocycles. The standard InChI is InChI=1S/C26H24N4O2/c1-16-9-8-12-20(13-16)26-27-22(18(3)32-26)15-31-23-14-21(19-10-6-5-7-11-19)24-17(2)29-30(4)25(24)28-23/h5-14H,15H2,1-4H3. The van der Waals surface area contributed by atoms with E-state index in [9.17, 15) is 0 Å². The predicted molar refractivity (Wildman–Crippen MR) is 124 cm³/mol. The summed E-state index contributed by atoms with van der Waals surface area (Å²) in [5, 5.41) is 5.60. The van der Waals surface area contributed by atoms with Crippen LogP contribution in [0.4, 0.5) is 0 Å². The number of nitrogens with zero attached hydrogens (tertiary/aromatic N) is 4. The number of aryl methyl sites for hydroxylation is 4. The van der Waals surface area contributed by atoms with Gasteiger partial charge in [-0.15, -0.1) is 0 Å². The first kappa shape index (κ1) is 20.0. The molecule has 160 valence electrons. The van der Waals surface area contributed by atoms with Gasteiger partial charge in [-0.1, -0.05) is 48.0 Å². The topological polar surface area (TPSA) is 66.0 Å². The lowest BCUT2D eigenvalue weighted by Crippen LogP contribution is -2.01. The van der Waals surface area contributed by atoms with Crippen LogP contribution >= 0.6 is 0 Å². The van der Waals surface area contributed by atoms with E-state index in [1.54, 1.807) is 4.68 Å². The number of hydrogen-bond acceptors (Lipinski definition) is 5. The Morgan fingerprint density at radius 2 is 1.69 bits per heavy atom. The fourth-order valence-corrected chi connectivity index (χ4v) is 3.95. The van der Waals surface area contributed by atoms with Gasteiger partial charge in [-0.05, 0) is 44.0 Å². The van der Waals surface area contributed by atoms with Crippen LogP contribution in [0.3, 0.4) is 0 Å². The van der Waals surface area contributed by atoms with Gasteiger partial charge in [-0.25, -0.2) is 4.98 Å². The van der Waals surface area contributed by atoms with E-state index in [2.05, 4.69) is 41.3 Å². The molecule has 0 aliphatic heterocycles. The minimum Gasteiger partial charge on any atom is -0.471 e. The Morgan fingerprint density at radius 1 is 0.906 bits per heavy atom. The predicted octanol–water partition coefficient (Wildman–Crippen LogP) is 5.79. The van der Waals surface area contributed by atoms with Crippen molar-refractivity contribution in [3.63, 3.8) is 0 Å². The zero-order valence-corrected chi connectivity index (χ0v) is 18.6. The molecule has 3 aromatic heterocycles. The van der Waals surface area contributed by atoms with Gasteiger partial charge in [0, 0.05) is 18.7 Å². The largest absolute Gasteiger partial charge is 0.471 e. The first-order chi connectivity index (χ1) is 15.5. The molecule has 0 saturated carbocycles. The van der Waals surface area contributed by atoms with Gasteiger partial charge in [0.25, 0.3) is 0 Å². The molecule has 6 nitrogen and oxygen atoms in total. The van der Waals surface area contributed by atoms with E-state index in [0.717, 1.165) is 50.4 Å². The van der Waals surface area contributed by atoms with Gasteiger partial charge in [0.1, 0.15) is 18.1 Å². The summed E-state index contributed by atoms with van der Waals surface area (Å²) >= 11 is 0. The van der Waals surface area contributed by atoms with Crippen molar-refractivity contribution in [2.45, 2.75) is 27.4 Å². The lowest BCUT2D eigenvalue weighted by atomic mass is 10.0. The summed E-state index contributed by atoms with van der Waals surface area (Å²) in [4.78, 5) is 9.39. The number of oxazole rings is 1. The lowest BCUT2D eigenvalue weighted by Gasteiger charge is -2.09. The van der Waals surface area contributed by atoms with Gasteiger partial charge in [0.2, 0.25) is 11.8 Å². The molecule has 32 heavy (non-hydrogen) atoms. The molecule has 0 amide bonds. The maximum atomic E-state index is 6.11. The van der Waals surface area contributed by atoms with E-state index in [-0.39, 0.29) is 6.61 Å². The summed E-state index contributed by atoms with van der Waals surface area (Å²) in [6.45, 7) is 6.23. The molecule has 5 aromatic rings. The van der Waals surface area contributed by atoms with Crippen LogP contribution in [-0.2, 0) is 13.7 Å². The number of benzene rings is 2. The van der Waals surface area contributed by atoms with Gasteiger partial charge < -0.3 is 9.15 Å². The molecule has 5 rings (SSSR count). The molecule has 0 atom stereocenters. The maximum absolute atomic E-state index is 6.11. The van der Waals surface area contributed by atoms with Crippen molar-refractivity contribution in [1.82, 2.24) is 19.7 Å². The van der Waals surface area contributed by atoms with E-state index in [1.165, 1.54) is 0 Å². The average Bonchev–Trinajstić information content (AvgIpc) is 3.31. The summed E-state index contributed by atoms with van der Waals surface area (Å²) in [7, 11) is 1.90. The molecule has 0 fully saturated rings. The fourth-order valence-electron chi connectivity index (χ4n) is 3.95. The Kier molecular flexibility index (Phi) is 4.98. The molecule has 0 aliphatic rings. The van der Waals surface area contributed by atoms with E-state index in [1.807, 2.05) is 57.3 Å². The third-order valence-corrected chi connectivity index (χ3v) is 5.54. The maximum Gasteiger partial charge on any atom is 0.226 e. The van der Waals surface area contributed by atoms with Crippen LogP contribution in [0.15, 0.2) is 65.1 Å². The molecule has 6 heteroatoms. The van der Waals surface area contributed by atoms with Crippen molar-refractivity contribution in [2.75, 3.05) is 0 Å². The Balaban J connectivity index is 1.48. The SMILES string of the molecule is Cc1cccc(-c2nc(COc3cc(-c4ccccc4)c4c(C)nn(C)c4n3)c(C)o2)c1. The third-order valence-electron chi connectivity index (χ3n) is 5.54. The van der Waals surface area contributed by atoms with Gasteiger partial charge in [0.05, 0.1) is 11.1 Å². The normalized spacial score (nSPS) is 11.2. The number of ether oxygens (including phenoxy) is 1. The lowest BCUT2D eigenvalue weighted by molar-refractivity contribution is 0.288. The number of fused-ring (bicyclic) bond motifs is 1. The highest BCUT2D eigenvalue weighted by molar-refractivity contribution is 5.95. The molecule has 0 N–H and O–H groups in total. The second-order valence-electron chi connectivity index (χ2n) is 7.96. The highest BCUT2D eigenvalue weighted by Gasteiger charge is 2.17. The van der Waals surface area contributed by atoms with Crippen molar-refractivity contribution < 1.29 is 9.15 Å². The molecule has 0 unspecified atom stereocenters. The van der Waals surface area contributed by atoms with Gasteiger partial charge in [0.15, 0.2) is 5.65 Å². The van der Waals surface area contributed by atoms with E-state index in [4.69, 9.17) is 14.1 Å². The average molecular weight is 425 g/mol. The molecule has 0 spiro atoms. The summed E-state index contributed by atoms with van der Waals surface area (Å²) in [6, 6.07) is 20.3. The molecular formula is C26H24N4O2. The van der Waals surface area contributed by atoms with Gasteiger partial charge in [-0.2, -0.15) is 10.1 Å². The van der Waals surface area contributed by atoms with Gasteiger partial charge >= 0.3 is 0 Å². The minimum atomic E-state index is 0.269. The van der Waals surface area contributed by atoms with Crippen molar-refractivity contribution in [1.29, 1.82) is 0 Å². The number of pyridine rings is 1. The van der Waals surface area contributed by atoms with Crippen molar-refractivity contribution >= 4 is 11.0 Å². The molecule has 0 bridgehead atoms. The Bertz CT molecular complexity index is 1420. The molecule has 0 aliphatic carbocycles. The smallest absolute Gasteiger partial charge is 0.226 e. The van der Waals surface area contributed by atoms with E-state index in [0.29, 0.717) is 11.8 Å². The Morgan fingerprint density at radius 3 is 2.47 bits per heavy atom. The van der Waals surface area contributed by atoms with Crippen LogP contribution < -0.4 is 4.74 Å². The van der Waals surface area contributed by atoms with Crippen molar-refractivity contribution in [3.05, 3.63) is 83.4 Å². The van der Waals surface area contributed by atoms with Crippen LogP contribution in [0.2, 0.25) is 0 Å². The van der Waals surface area contributed by atoms with Crippen LogP contribution in [-0.4, -0.2) is 19.7 Å². The Labute approximate surface area is 186 Å². The summed E-state index contributed by atoms with van der Waals surface area (Å²) in [5.74, 6) is 1.86. The molecule has 0 radical (unpaired) electrons. The summed E-state index contributed by atoms with van der Waals surface area (Å²) in [6.07, 6.45) is 0. The fraction of sp³-hybridized carbons (Fsp3) is 0.192. The highest BCUT2D eigenvalue weighted by Crippen LogP contribution is 2.33. The van der Waals surface area contributed by atoms with Gasteiger partial charge in [-0.3, -0.25) is 4.68 Å². The van der Waals surface area contributed by atoms with E-state index >= 15 is 0 Å². The second kappa shape index (κ2) is 7.96. The van der Waals surface area contributed by atoms with E-state index < -0.39 is 0 Å². The second-order valence-corrected chi connectivity index (χ2v) is 7.96. The molecule has 2 aromatic carbocycles. The van der Waals surface area contributed by atoms with Crippen LogP contribution in [0.5, 0.6) is 5.88 Å². The summed E-state index contributed by atoms with van der Waals surface area (Å²) < 4.78 is 13.8. The zero-order chi connectivity index (χ0) is 22.2. The monoisotopic (exact) mass is 424 g/mol. The summed E-state index contributed by atoms with van der Waals surface area (Å²) in [5.41, 5.74) is 6.75. The third kappa shape index (κ3) is 3.64. The van der Waals surface area contributed by atoms with Crippen LogP contribution in [0.1, 0.15) is 22.7 Å². The number of hydrogen-bond donors (Lipinski definition) is 0. The first-order valence-electron chi connectivity index (χ1n) is 10.6. The number of rotatable bonds is 5. The van der Waals surface area contributed by atoms with Crippen molar-refractivity contribution in [2.24, 2.45) is 7.05 Å². The quantitative estimate of drug-likeness (QED) is 0.357. The van der Waals surface area contributed by atoms with Crippen molar-refractivity contribution in [3.8, 4) is 28.5 Å². The zero-order valence-electron chi connectivity index (χ0n) is 18.6. The Hall–Kier alpha value is -3.93.